The van der Waals surface area contributed by atoms with E-state index < -0.39 is 5.97 Å². The number of rotatable bonds is 3. The molecule has 1 saturated heterocycles. The van der Waals surface area contributed by atoms with E-state index in [-0.39, 0.29) is 5.82 Å². The van der Waals surface area contributed by atoms with Gasteiger partial charge in [0.1, 0.15) is 5.82 Å². The Kier molecular flexibility index (Phi) is 5.02. The van der Waals surface area contributed by atoms with Crippen LogP contribution in [0.5, 0.6) is 0 Å². The van der Waals surface area contributed by atoms with Crippen LogP contribution in [-0.2, 0) is 17.7 Å². The molecule has 0 N–H and O–H groups in total. The van der Waals surface area contributed by atoms with Gasteiger partial charge >= 0.3 is 5.97 Å². The third-order valence-corrected chi connectivity index (χ3v) is 7.30. The van der Waals surface area contributed by atoms with Crippen LogP contribution in [0.15, 0.2) is 12.1 Å². The van der Waals surface area contributed by atoms with E-state index in [1.54, 1.807) is 0 Å². The van der Waals surface area contributed by atoms with Crippen LogP contribution in [0.4, 0.5) is 4.39 Å². The summed E-state index contributed by atoms with van der Waals surface area (Å²) in [6.45, 7) is 5.37. The molecule has 0 amide bonds. The fourth-order valence-corrected chi connectivity index (χ4v) is 5.46. The highest BCUT2D eigenvalue weighted by Gasteiger charge is 2.49. The number of hydrogen-bond acceptors (Lipinski definition) is 4. The molecule has 1 saturated carbocycles. The minimum Gasteiger partial charge on any atom is -0.465 e. The van der Waals surface area contributed by atoms with Crippen molar-refractivity contribution in [3.8, 4) is 0 Å². The molecule has 1 aromatic rings. The predicted octanol–water partition coefficient (Wildman–Crippen LogP) is 3.62. The highest BCUT2D eigenvalue weighted by molar-refractivity contribution is 5.89. The summed E-state index contributed by atoms with van der Waals surface area (Å²) in [5.74, 6) is -0.721. The number of likely N-dealkylation sites (tertiary alicyclic amines) is 1. The molecule has 3 aliphatic rings. The first-order valence-corrected chi connectivity index (χ1v) is 10.3. The van der Waals surface area contributed by atoms with Gasteiger partial charge in [-0.2, -0.15) is 0 Å². The van der Waals surface area contributed by atoms with Crippen molar-refractivity contribution in [2.75, 3.05) is 27.2 Å². The van der Waals surface area contributed by atoms with Gasteiger partial charge in [0.05, 0.1) is 12.7 Å². The number of methoxy groups -OCH3 is 1. The standard InChI is InChI=1S/C22H31FN2O2/c1-4-17-11-19-16(9-15(10-20(19)23)21(26)27-3)14-25(17)18-12-22(13-18)5-7-24(2)8-6-22/h9-10,17-18H,4-8,11-14H2,1-3H3. The van der Waals surface area contributed by atoms with Crippen molar-refractivity contribution in [1.29, 1.82) is 0 Å². The molecule has 0 radical (unpaired) electrons. The molecule has 2 heterocycles. The maximum atomic E-state index is 14.7. The molecule has 2 fully saturated rings. The Morgan fingerprint density at radius 3 is 2.63 bits per heavy atom. The molecule has 148 valence electrons. The van der Waals surface area contributed by atoms with Crippen LogP contribution in [0.25, 0.3) is 0 Å². The average molecular weight is 375 g/mol. The average Bonchev–Trinajstić information content (AvgIpc) is 2.65. The summed E-state index contributed by atoms with van der Waals surface area (Å²) in [5, 5.41) is 0. The Morgan fingerprint density at radius 2 is 2.00 bits per heavy atom. The summed E-state index contributed by atoms with van der Waals surface area (Å²) < 4.78 is 19.4. The maximum Gasteiger partial charge on any atom is 0.337 e. The Morgan fingerprint density at radius 1 is 1.30 bits per heavy atom. The van der Waals surface area contributed by atoms with E-state index >= 15 is 0 Å². The lowest BCUT2D eigenvalue weighted by molar-refractivity contribution is -0.0610. The normalized spacial score (nSPS) is 25.9. The zero-order valence-electron chi connectivity index (χ0n) is 16.8. The van der Waals surface area contributed by atoms with Crippen molar-refractivity contribution in [2.24, 2.45) is 5.41 Å². The number of carbonyl (C=O) groups excluding carboxylic acids is 1. The second-order valence-electron chi connectivity index (χ2n) is 8.89. The van der Waals surface area contributed by atoms with Crippen molar-refractivity contribution < 1.29 is 13.9 Å². The van der Waals surface area contributed by atoms with Crippen LogP contribution in [0.2, 0.25) is 0 Å². The van der Waals surface area contributed by atoms with E-state index in [1.165, 1.54) is 51.9 Å². The summed E-state index contributed by atoms with van der Waals surface area (Å²) in [6, 6.07) is 4.16. The molecule has 0 aromatic heterocycles. The molecular formula is C22H31FN2O2. The van der Waals surface area contributed by atoms with Crippen molar-refractivity contribution in [1.82, 2.24) is 9.80 Å². The molecule has 1 aliphatic carbocycles. The van der Waals surface area contributed by atoms with Crippen molar-refractivity contribution in [3.05, 3.63) is 34.6 Å². The topological polar surface area (TPSA) is 32.8 Å². The van der Waals surface area contributed by atoms with Gasteiger partial charge in [-0.3, -0.25) is 4.90 Å². The summed E-state index contributed by atoms with van der Waals surface area (Å²) in [5.41, 5.74) is 2.61. The fourth-order valence-electron chi connectivity index (χ4n) is 5.46. The fraction of sp³-hybridized carbons (Fsp3) is 0.682. The van der Waals surface area contributed by atoms with Crippen LogP contribution in [0.3, 0.4) is 0 Å². The molecule has 5 heteroatoms. The number of halogens is 1. The zero-order chi connectivity index (χ0) is 19.2. The molecule has 0 bridgehead atoms. The molecule has 1 aromatic carbocycles. The minimum absolute atomic E-state index is 0.258. The first-order chi connectivity index (χ1) is 12.9. The molecule has 1 atom stereocenters. The molecule has 1 spiro atoms. The number of nitrogens with zero attached hydrogens (tertiary/aromatic N) is 2. The molecule has 2 aliphatic heterocycles. The van der Waals surface area contributed by atoms with Crippen LogP contribution in [-0.4, -0.2) is 55.1 Å². The van der Waals surface area contributed by atoms with Gasteiger partial charge < -0.3 is 9.64 Å². The van der Waals surface area contributed by atoms with Crippen LogP contribution < -0.4 is 0 Å². The van der Waals surface area contributed by atoms with Crippen LogP contribution >= 0.6 is 0 Å². The van der Waals surface area contributed by atoms with Crippen molar-refractivity contribution >= 4 is 5.97 Å². The first kappa shape index (κ1) is 18.9. The monoisotopic (exact) mass is 374 g/mol. The number of ether oxygens (including phenoxy) is 1. The quantitative estimate of drug-likeness (QED) is 0.757. The van der Waals surface area contributed by atoms with Gasteiger partial charge in [0.25, 0.3) is 0 Å². The highest BCUT2D eigenvalue weighted by atomic mass is 19.1. The number of hydrogen-bond donors (Lipinski definition) is 0. The lowest BCUT2D eigenvalue weighted by Gasteiger charge is -2.57. The SMILES string of the molecule is CCC1Cc2c(F)cc(C(=O)OC)cc2CN1C1CC2(CCN(C)CC2)C1. The summed E-state index contributed by atoms with van der Waals surface area (Å²) in [7, 11) is 3.56. The van der Waals surface area contributed by atoms with E-state index in [2.05, 4.69) is 23.8 Å². The van der Waals surface area contributed by atoms with Gasteiger partial charge in [-0.05, 0) is 87.3 Å². The van der Waals surface area contributed by atoms with Crippen LogP contribution in [0.1, 0.15) is 60.5 Å². The molecule has 27 heavy (non-hydrogen) atoms. The molecule has 4 rings (SSSR count). The third kappa shape index (κ3) is 3.40. The van der Waals surface area contributed by atoms with E-state index in [4.69, 9.17) is 4.74 Å². The summed E-state index contributed by atoms with van der Waals surface area (Å²) in [6.07, 6.45) is 6.93. The third-order valence-electron chi connectivity index (χ3n) is 7.30. The largest absolute Gasteiger partial charge is 0.465 e. The van der Waals surface area contributed by atoms with Gasteiger partial charge in [-0.25, -0.2) is 9.18 Å². The van der Waals surface area contributed by atoms with Gasteiger partial charge in [0, 0.05) is 18.6 Å². The van der Waals surface area contributed by atoms with E-state index in [9.17, 15) is 9.18 Å². The number of esters is 1. The van der Waals surface area contributed by atoms with Gasteiger partial charge in [0.15, 0.2) is 0 Å². The first-order valence-electron chi connectivity index (χ1n) is 10.3. The predicted molar refractivity (Wildman–Crippen MR) is 103 cm³/mol. The number of piperidine rings is 1. The van der Waals surface area contributed by atoms with Gasteiger partial charge in [0.2, 0.25) is 0 Å². The Balaban J connectivity index is 1.52. The second kappa shape index (κ2) is 7.17. The second-order valence-corrected chi connectivity index (χ2v) is 8.89. The number of benzene rings is 1. The Bertz CT molecular complexity index is 719. The van der Waals surface area contributed by atoms with E-state index in [0.717, 1.165) is 30.5 Å². The molecule has 1 unspecified atom stereocenters. The zero-order valence-corrected chi connectivity index (χ0v) is 16.8. The smallest absolute Gasteiger partial charge is 0.337 e. The van der Waals surface area contributed by atoms with Crippen LogP contribution in [0, 0.1) is 11.2 Å². The maximum absolute atomic E-state index is 14.7. The molecule has 4 nitrogen and oxygen atoms in total. The Labute approximate surface area is 161 Å². The minimum atomic E-state index is -0.463. The highest BCUT2D eigenvalue weighted by Crippen LogP contribution is 2.52. The van der Waals surface area contributed by atoms with Crippen molar-refractivity contribution in [2.45, 2.75) is 64.1 Å². The lowest BCUT2D eigenvalue weighted by Crippen LogP contribution is -2.58. The Hall–Kier alpha value is -1.46. The summed E-state index contributed by atoms with van der Waals surface area (Å²) >= 11 is 0. The number of fused-ring (bicyclic) bond motifs is 1. The van der Waals surface area contributed by atoms with Gasteiger partial charge in [-0.1, -0.05) is 6.92 Å². The summed E-state index contributed by atoms with van der Waals surface area (Å²) in [4.78, 5) is 16.9. The van der Waals surface area contributed by atoms with Crippen molar-refractivity contribution in [3.63, 3.8) is 0 Å². The number of carbonyl (C=O) groups is 1. The molecular weight excluding hydrogens is 343 g/mol. The van der Waals surface area contributed by atoms with E-state index in [1.807, 2.05) is 6.07 Å². The van der Waals surface area contributed by atoms with Gasteiger partial charge in [-0.15, -0.1) is 0 Å². The van der Waals surface area contributed by atoms with E-state index in [0.29, 0.717) is 23.1 Å². The lowest BCUT2D eigenvalue weighted by atomic mass is 9.59.